The Bertz CT molecular complexity index is 484. The lowest BCUT2D eigenvalue weighted by Crippen LogP contribution is -2.49. The molecule has 0 radical (unpaired) electrons. The van der Waals surface area contributed by atoms with Crippen LogP contribution >= 0.6 is 11.6 Å². The molecule has 1 atom stereocenters. The number of carbonyl (C=O) groups is 1. The minimum absolute atomic E-state index is 0.0427. The second-order valence-corrected chi connectivity index (χ2v) is 5.30. The second-order valence-electron chi connectivity index (χ2n) is 4.90. The van der Waals surface area contributed by atoms with Crippen LogP contribution in [0.25, 0.3) is 0 Å². The number of hydrogen-bond acceptors (Lipinski definition) is 2. The van der Waals surface area contributed by atoms with Crippen molar-refractivity contribution in [2.24, 2.45) is 0 Å². The summed E-state index contributed by atoms with van der Waals surface area (Å²) in [6.07, 6.45) is 2.74. The molecular weight excluding hydrogens is 283 g/mol. The summed E-state index contributed by atoms with van der Waals surface area (Å²) >= 11 is 5.69. The molecule has 0 aliphatic carbocycles. The van der Waals surface area contributed by atoms with Crippen LogP contribution in [-0.2, 0) is 6.54 Å². The number of likely N-dealkylation sites (tertiary alicyclic amines) is 1. The van der Waals surface area contributed by atoms with Gasteiger partial charge in [-0.05, 0) is 25.3 Å². The number of benzene rings is 1. The predicted molar refractivity (Wildman–Crippen MR) is 75.1 cm³/mol. The van der Waals surface area contributed by atoms with Crippen LogP contribution < -0.4 is 5.32 Å². The number of nitrogens with one attached hydrogen (secondary N) is 1. The zero-order valence-electron chi connectivity index (χ0n) is 11.1. The maximum Gasteiger partial charge on any atom is 0.317 e. The van der Waals surface area contributed by atoms with E-state index >= 15 is 0 Å². The molecule has 4 nitrogen and oxygen atoms in total. The summed E-state index contributed by atoms with van der Waals surface area (Å²) in [6, 6.07) is 4.27. The second kappa shape index (κ2) is 6.90. The van der Waals surface area contributed by atoms with Crippen molar-refractivity contribution in [1.29, 1.82) is 0 Å². The Hall–Kier alpha value is -1.33. The number of urea groups is 1. The molecule has 0 aromatic heterocycles. The summed E-state index contributed by atoms with van der Waals surface area (Å²) in [5, 5.41) is 12.0. The van der Waals surface area contributed by atoms with Gasteiger partial charge in [0.1, 0.15) is 5.82 Å². The van der Waals surface area contributed by atoms with Crippen molar-refractivity contribution < 1.29 is 14.3 Å². The van der Waals surface area contributed by atoms with Gasteiger partial charge in [0.2, 0.25) is 0 Å². The van der Waals surface area contributed by atoms with E-state index in [0.29, 0.717) is 12.1 Å². The molecule has 0 spiro atoms. The molecule has 1 heterocycles. The molecule has 0 bridgehead atoms. The number of halogens is 2. The van der Waals surface area contributed by atoms with Crippen molar-refractivity contribution in [3.63, 3.8) is 0 Å². The van der Waals surface area contributed by atoms with Gasteiger partial charge in [0, 0.05) is 18.7 Å². The molecule has 0 saturated carbocycles. The lowest BCUT2D eigenvalue weighted by Gasteiger charge is -2.34. The minimum Gasteiger partial charge on any atom is -0.394 e. The molecule has 1 aliphatic heterocycles. The Kier molecular flexibility index (Phi) is 5.20. The Balaban J connectivity index is 1.96. The number of rotatable bonds is 3. The van der Waals surface area contributed by atoms with Crippen LogP contribution in [-0.4, -0.2) is 35.2 Å². The number of aliphatic hydroxyl groups excluding tert-OH is 1. The maximum atomic E-state index is 13.7. The highest BCUT2D eigenvalue weighted by molar-refractivity contribution is 6.30. The predicted octanol–water partition coefficient (Wildman–Crippen LogP) is 2.54. The average Bonchev–Trinajstić information content (AvgIpc) is 2.48. The fourth-order valence-corrected chi connectivity index (χ4v) is 2.61. The molecule has 6 heteroatoms. The SMILES string of the molecule is O=C(NCc1cccc(Cl)c1F)N1CCCC[C@@H]1CO. The molecule has 2 amide bonds. The Morgan fingerprint density at radius 1 is 1.50 bits per heavy atom. The Labute approximate surface area is 122 Å². The van der Waals surface area contributed by atoms with E-state index in [4.69, 9.17) is 11.6 Å². The number of carbonyl (C=O) groups excluding carboxylic acids is 1. The first-order valence-electron chi connectivity index (χ1n) is 6.71. The quantitative estimate of drug-likeness (QED) is 0.901. The summed E-state index contributed by atoms with van der Waals surface area (Å²) in [4.78, 5) is 13.7. The highest BCUT2D eigenvalue weighted by atomic mass is 35.5. The van der Waals surface area contributed by atoms with E-state index in [0.717, 1.165) is 19.3 Å². The van der Waals surface area contributed by atoms with E-state index in [2.05, 4.69) is 5.32 Å². The lowest BCUT2D eigenvalue weighted by molar-refractivity contribution is 0.108. The van der Waals surface area contributed by atoms with Gasteiger partial charge < -0.3 is 15.3 Å². The van der Waals surface area contributed by atoms with Crippen LogP contribution in [0.4, 0.5) is 9.18 Å². The third-order valence-electron chi connectivity index (χ3n) is 3.56. The molecule has 1 aromatic carbocycles. The number of aliphatic hydroxyl groups is 1. The number of nitrogens with zero attached hydrogens (tertiary/aromatic N) is 1. The summed E-state index contributed by atoms with van der Waals surface area (Å²) in [5.41, 5.74) is 0.350. The molecular formula is C14H18ClFN2O2. The zero-order valence-corrected chi connectivity index (χ0v) is 11.9. The third kappa shape index (κ3) is 3.41. The standard InChI is InChI=1S/C14H18ClFN2O2/c15-12-6-3-4-10(13(12)16)8-17-14(20)18-7-2-1-5-11(18)9-19/h3-4,6,11,19H,1-2,5,7-9H2,(H,17,20)/t11-/m1/s1. The van der Waals surface area contributed by atoms with Gasteiger partial charge in [0.05, 0.1) is 17.7 Å². The number of amides is 2. The van der Waals surface area contributed by atoms with Crippen LogP contribution in [0.15, 0.2) is 18.2 Å². The largest absolute Gasteiger partial charge is 0.394 e. The maximum absolute atomic E-state index is 13.7. The monoisotopic (exact) mass is 300 g/mol. The van der Waals surface area contributed by atoms with E-state index in [1.54, 1.807) is 17.0 Å². The normalized spacial score (nSPS) is 18.9. The molecule has 20 heavy (non-hydrogen) atoms. The van der Waals surface area contributed by atoms with Crippen molar-refractivity contribution >= 4 is 17.6 Å². The highest BCUT2D eigenvalue weighted by Crippen LogP contribution is 2.19. The molecule has 1 aromatic rings. The van der Waals surface area contributed by atoms with Gasteiger partial charge in [-0.1, -0.05) is 23.7 Å². The number of piperidine rings is 1. The van der Waals surface area contributed by atoms with E-state index in [-0.39, 0.29) is 30.2 Å². The molecule has 2 N–H and O–H groups in total. The first-order chi connectivity index (χ1) is 9.63. The summed E-state index contributed by atoms with van der Waals surface area (Å²) in [6.45, 7) is 0.661. The van der Waals surface area contributed by atoms with Gasteiger partial charge in [-0.2, -0.15) is 0 Å². The van der Waals surface area contributed by atoms with Gasteiger partial charge in [-0.15, -0.1) is 0 Å². The average molecular weight is 301 g/mol. The smallest absolute Gasteiger partial charge is 0.317 e. The molecule has 1 saturated heterocycles. The van der Waals surface area contributed by atoms with Gasteiger partial charge in [-0.25, -0.2) is 9.18 Å². The van der Waals surface area contributed by atoms with Gasteiger partial charge in [0.25, 0.3) is 0 Å². The third-order valence-corrected chi connectivity index (χ3v) is 3.85. The first-order valence-corrected chi connectivity index (χ1v) is 7.09. The van der Waals surface area contributed by atoms with Crippen LogP contribution in [0.1, 0.15) is 24.8 Å². The fourth-order valence-electron chi connectivity index (χ4n) is 2.42. The summed E-state index contributed by atoms with van der Waals surface area (Å²) in [7, 11) is 0. The summed E-state index contributed by atoms with van der Waals surface area (Å²) in [5.74, 6) is -0.508. The van der Waals surface area contributed by atoms with Crippen LogP contribution in [0.2, 0.25) is 5.02 Å². The van der Waals surface area contributed by atoms with Crippen molar-refractivity contribution in [3.05, 3.63) is 34.6 Å². The molecule has 110 valence electrons. The lowest BCUT2D eigenvalue weighted by atomic mass is 10.0. The highest BCUT2D eigenvalue weighted by Gasteiger charge is 2.25. The van der Waals surface area contributed by atoms with Crippen molar-refractivity contribution in [3.8, 4) is 0 Å². The van der Waals surface area contributed by atoms with Crippen molar-refractivity contribution in [1.82, 2.24) is 10.2 Å². The van der Waals surface area contributed by atoms with Crippen molar-refractivity contribution in [2.45, 2.75) is 31.8 Å². The fraction of sp³-hybridized carbons (Fsp3) is 0.500. The van der Waals surface area contributed by atoms with E-state index in [1.807, 2.05) is 0 Å². The Morgan fingerprint density at radius 3 is 3.05 bits per heavy atom. The van der Waals surface area contributed by atoms with Crippen LogP contribution in [0.5, 0.6) is 0 Å². The van der Waals surface area contributed by atoms with E-state index in [9.17, 15) is 14.3 Å². The molecule has 1 fully saturated rings. The Morgan fingerprint density at radius 2 is 2.30 bits per heavy atom. The van der Waals surface area contributed by atoms with Gasteiger partial charge in [-0.3, -0.25) is 0 Å². The van der Waals surface area contributed by atoms with Gasteiger partial charge >= 0.3 is 6.03 Å². The molecule has 0 unspecified atom stereocenters. The number of hydrogen-bond donors (Lipinski definition) is 2. The first kappa shape index (κ1) is 15.1. The molecule has 2 rings (SSSR count). The minimum atomic E-state index is -0.508. The van der Waals surface area contributed by atoms with Gasteiger partial charge in [0.15, 0.2) is 0 Å². The van der Waals surface area contributed by atoms with E-state index < -0.39 is 5.82 Å². The summed E-state index contributed by atoms with van der Waals surface area (Å²) < 4.78 is 13.7. The van der Waals surface area contributed by atoms with E-state index in [1.165, 1.54) is 6.07 Å². The molecule has 1 aliphatic rings. The van der Waals surface area contributed by atoms with Crippen LogP contribution in [0.3, 0.4) is 0 Å². The topological polar surface area (TPSA) is 52.6 Å². The van der Waals surface area contributed by atoms with Crippen molar-refractivity contribution in [2.75, 3.05) is 13.2 Å². The van der Waals surface area contributed by atoms with Crippen LogP contribution in [0, 0.1) is 5.82 Å². The zero-order chi connectivity index (χ0) is 14.5.